The fourth-order valence-corrected chi connectivity index (χ4v) is 2.56. The van der Waals surface area contributed by atoms with Crippen molar-refractivity contribution in [1.29, 1.82) is 0 Å². The van der Waals surface area contributed by atoms with Crippen LogP contribution in [0.3, 0.4) is 0 Å². The first-order chi connectivity index (χ1) is 11.9. The minimum absolute atomic E-state index is 0.131. The zero-order chi connectivity index (χ0) is 18.0. The SMILES string of the molecule is Cc1nnc(CN(C)C(=O)c2cccc(-c3ccc(O)c(C)c3)c2)o1. The van der Waals surface area contributed by atoms with Gasteiger partial charge in [-0.3, -0.25) is 4.79 Å². The van der Waals surface area contributed by atoms with Crippen molar-refractivity contribution >= 4 is 5.91 Å². The Morgan fingerprint density at radius 3 is 2.56 bits per heavy atom. The lowest BCUT2D eigenvalue weighted by molar-refractivity contribution is 0.0772. The highest BCUT2D eigenvalue weighted by Gasteiger charge is 2.15. The van der Waals surface area contributed by atoms with Crippen LogP contribution in [-0.2, 0) is 6.54 Å². The molecule has 1 aromatic heterocycles. The number of carbonyl (C=O) groups excluding carboxylic acids is 1. The van der Waals surface area contributed by atoms with Crippen LogP contribution < -0.4 is 0 Å². The maximum atomic E-state index is 12.7. The van der Waals surface area contributed by atoms with Gasteiger partial charge in [-0.05, 0) is 47.9 Å². The third kappa shape index (κ3) is 3.68. The van der Waals surface area contributed by atoms with E-state index in [4.69, 9.17) is 4.42 Å². The number of phenols is 1. The smallest absolute Gasteiger partial charge is 0.254 e. The first-order valence-electron chi connectivity index (χ1n) is 7.88. The molecule has 0 spiro atoms. The number of aromatic nitrogens is 2. The third-order valence-corrected chi connectivity index (χ3v) is 3.93. The molecule has 1 N–H and O–H groups in total. The predicted octanol–water partition coefficient (Wildman–Crippen LogP) is 3.33. The summed E-state index contributed by atoms with van der Waals surface area (Å²) < 4.78 is 5.32. The van der Waals surface area contributed by atoms with E-state index in [9.17, 15) is 9.90 Å². The molecule has 0 aliphatic heterocycles. The minimum Gasteiger partial charge on any atom is -0.508 e. The van der Waals surface area contributed by atoms with Crippen molar-refractivity contribution in [1.82, 2.24) is 15.1 Å². The fraction of sp³-hybridized carbons (Fsp3) is 0.211. The van der Waals surface area contributed by atoms with Crippen molar-refractivity contribution in [2.75, 3.05) is 7.05 Å². The number of aromatic hydroxyl groups is 1. The standard InChI is InChI=1S/C19H19N3O3/c1-12-9-15(7-8-17(12)23)14-5-4-6-16(10-14)19(24)22(3)11-18-21-20-13(2)25-18/h4-10,23H,11H2,1-3H3. The number of amides is 1. The second-order valence-electron chi connectivity index (χ2n) is 5.96. The molecule has 6 heteroatoms. The Kier molecular flexibility index (Phi) is 4.52. The van der Waals surface area contributed by atoms with Crippen LogP contribution in [-0.4, -0.2) is 33.2 Å². The van der Waals surface area contributed by atoms with Gasteiger partial charge >= 0.3 is 0 Å². The Morgan fingerprint density at radius 2 is 1.88 bits per heavy atom. The molecular weight excluding hydrogens is 318 g/mol. The van der Waals surface area contributed by atoms with Crippen molar-refractivity contribution in [2.24, 2.45) is 0 Å². The maximum absolute atomic E-state index is 12.7. The van der Waals surface area contributed by atoms with Crippen LogP contribution >= 0.6 is 0 Å². The van der Waals surface area contributed by atoms with Gasteiger partial charge in [0, 0.05) is 19.5 Å². The van der Waals surface area contributed by atoms with Crippen LogP contribution in [0.1, 0.15) is 27.7 Å². The van der Waals surface area contributed by atoms with E-state index in [1.807, 2.05) is 37.3 Å². The highest BCUT2D eigenvalue weighted by atomic mass is 16.4. The Balaban J connectivity index is 1.82. The summed E-state index contributed by atoms with van der Waals surface area (Å²) in [6, 6.07) is 12.8. The summed E-state index contributed by atoms with van der Waals surface area (Å²) in [5, 5.41) is 17.3. The quantitative estimate of drug-likeness (QED) is 0.790. The number of benzene rings is 2. The van der Waals surface area contributed by atoms with Crippen LogP contribution in [0.2, 0.25) is 0 Å². The molecule has 0 saturated carbocycles. The van der Waals surface area contributed by atoms with Crippen molar-refractivity contribution in [3.63, 3.8) is 0 Å². The number of aryl methyl sites for hydroxylation is 2. The summed E-state index contributed by atoms with van der Waals surface area (Å²) >= 11 is 0. The average molecular weight is 337 g/mol. The van der Waals surface area contributed by atoms with Gasteiger partial charge in [0.15, 0.2) is 0 Å². The Morgan fingerprint density at radius 1 is 1.12 bits per heavy atom. The van der Waals surface area contributed by atoms with Gasteiger partial charge in [0.2, 0.25) is 11.8 Å². The second-order valence-corrected chi connectivity index (χ2v) is 5.96. The lowest BCUT2D eigenvalue weighted by atomic mass is 10.0. The molecule has 0 fully saturated rings. The Labute approximate surface area is 145 Å². The van der Waals surface area contributed by atoms with Gasteiger partial charge in [-0.2, -0.15) is 0 Å². The number of hydrogen-bond donors (Lipinski definition) is 1. The molecule has 0 unspecified atom stereocenters. The second kappa shape index (κ2) is 6.76. The van der Waals surface area contributed by atoms with E-state index in [1.165, 1.54) is 4.90 Å². The molecule has 1 amide bonds. The Bertz CT molecular complexity index is 918. The molecule has 0 radical (unpaired) electrons. The van der Waals surface area contributed by atoms with E-state index in [0.29, 0.717) is 17.3 Å². The van der Waals surface area contributed by atoms with Gasteiger partial charge in [0.05, 0.1) is 6.54 Å². The molecule has 0 aliphatic carbocycles. The van der Waals surface area contributed by atoms with Gasteiger partial charge < -0.3 is 14.4 Å². The number of nitrogens with zero attached hydrogens (tertiary/aromatic N) is 3. The molecule has 0 aliphatic rings. The maximum Gasteiger partial charge on any atom is 0.254 e. The van der Waals surface area contributed by atoms with Gasteiger partial charge in [-0.25, -0.2) is 0 Å². The average Bonchev–Trinajstić information content (AvgIpc) is 3.01. The summed E-state index contributed by atoms with van der Waals surface area (Å²) in [4.78, 5) is 14.2. The summed E-state index contributed by atoms with van der Waals surface area (Å²) in [6.45, 7) is 3.80. The first kappa shape index (κ1) is 16.7. The lowest BCUT2D eigenvalue weighted by Gasteiger charge is -2.15. The number of carbonyl (C=O) groups is 1. The lowest BCUT2D eigenvalue weighted by Crippen LogP contribution is -2.26. The summed E-state index contributed by atoms with van der Waals surface area (Å²) in [5.41, 5.74) is 3.22. The van der Waals surface area contributed by atoms with Crippen LogP contribution in [0, 0.1) is 13.8 Å². The van der Waals surface area contributed by atoms with E-state index < -0.39 is 0 Å². The number of phenolic OH excluding ortho intramolecular Hbond substituents is 1. The zero-order valence-corrected chi connectivity index (χ0v) is 14.4. The van der Waals surface area contributed by atoms with Crippen LogP contribution in [0.15, 0.2) is 46.9 Å². The molecule has 0 saturated heterocycles. The first-order valence-corrected chi connectivity index (χ1v) is 7.88. The highest BCUT2D eigenvalue weighted by molar-refractivity contribution is 5.95. The molecule has 0 bridgehead atoms. The topological polar surface area (TPSA) is 79.5 Å². The molecule has 3 rings (SSSR count). The largest absolute Gasteiger partial charge is 0.508 e. The molecule has 3 aromatic rings. The number of rotatable bonds is 4. The van der Waals surface area contributed by atoms with Gasteiger partial charge in [-0.1, -0.05) is 18.2 Å². The minimum atomic E-state index is -0.131. The van der Waals surface area contributed by atoms with E-state index in [0.717, 1.165) is 16.7 Å². The Hall–Kier alpha value is -3.15. The van der Waals surface area contributed by atoms with Gasteiger partial charge in [0.25, 0.3) is 5.91 Å². The predicted molar refractivity (Wildman–Crippen MR) is 93.1 cm³/mol. The molecule has 0 atom stereocenters. The van der Waals surface area contributed by atoms with Crippen LogP contribution in [0.25, 0.3) is 11.1 Å². The van der Waals surface area contributed by atoms with Gasteiger partial charge in [0.1, 0.15) is 5.75 Å². The molecule has 6 nitrogen and oxygen atoms in total. The van der Waals surface area contributed by atoms with E-state index in [2.05, 4.69) is 10.2 Å². The van der Waals surface area contributed by atoms with Crippen LogP contribution in [0.5, 0.6) is 5.75 Å². The van der Waals surface area contributed by atoms with Gasteiger partial charge in [-0.15, -0.1) is 10.2 Å². The van der Waals surface area contributed by atoms with E-state index in [1.54, 1.807) is 26.1 Å². The summed E-state index contributed by atoms with van der Waals surface area (Å²) in [5.74, 6) is 0.998. The summed E-state index contributed by atoms with van der Waals surface area (Å²) in [6.07, 6.45) is 0. The van der Waals surface area contributed by atoms with E-state index >= 15 is 0 Å². The molecule has 1 heterocycles. The van der Waals surface area contributed by atoms with Crippen molar-refractivity contribution in [3.05, 3.63) is 65.4 Å². The highest BCUT2D eigenvalue weighted by Crippen LogP contribution is 2.26. The molecule has 25 heavy (non-hydrogen) atoms. The van der Waals surface area contributed by atoms with E-state index in [-0.39, 0.29) is 18.2 Å². The van der Waals surface area contributed by atoms with Crippen molar-refractivity contribution in [3.8, 4) is 16.9 Å². The summed E-state index contributed by atoms with van der Waals surface area (Å²) in [7, 11) is 1.69. The molecule has 128 valence electrons. The fourth-order valence-electron chi connectivity index (χ4n) is 2.56. The van der Waals surface area contributed by atoms with Crippen LogP contribution in [0.4, 0.5) is 0 Å². The van der Waals surface area contributed by atoms with Crippen molar-refractivity contribution < 1.29 is 14.3 Å². The molecule has 2 aromatic carbocycles. The normalized spacial score (nSPS) is 10.7. The van der Waals surface area contributed by atoms with Crippen molar-refractivity contribution in [2.45, 2.75) is 20.4 Å². The third-order valence-electron chi connectivity index (χ3n) is 3.93. The molecular formula is C19H19N3O3. The zero-order valence-electron chi connectivity index (χ0n) is 14.4. The number of hydrogen-bond acceptors (Lipinski definition) is 5. The monoisotopic (exact) mass is 337 g/mol.